The van der Waals surface area contributed by atoms with E-state index in [9.17, 15) is 0 Å². The van der Waals surface area contributed by atoms with Crippen LogP contribution in [0.25, 0.3) is 28.2 Å². The molecule has 4 rings (SSSR count). The largest absolute Gasteiger partial charge is 0.340 e. The molecule has 102 valence electrons. The molecule has 0 atom stereocenters. The van der Waals surface area contributed by atoms with Crippen LogP contribution in [0.15, 0.2) is 49.1 Å². The van der Waals surface area contributed by atoms with E-state index in [-0.39, 0.29) is 0 Å². The minimum absolute atomic E-state index is 0.475. The van der Waals surface area contributed by atoms with Gasteiger partial charge in [0.25, 0.3) is 0 Å². The molecule has 0 aliphatic carbocycles. The molecule has 0 aliphatic heterocycles. The molecule has 3 aromatic heterocycles. The first-order chi connectivity index (χ1) is 10.3. The van der Waals surface area contributed by atoms with Crippen molar-refractivity contribution in [3.05, 3.63) is 54.2 Å². The number of H-pyrrole nitrogens is 1. The van der Waals surface area contributed by atoms with E-state index in [1.165, 1.54) is 6.33 Å². The van der Waals surface area contributed by atoms with Gasteiger partial charge in [0.1, 0.15) is 17.0 Å². The smallest absolute Gasteiger partial charge is 0.184 e. The van der Waals surface area contributed by atoms with Gasteiger partial charge in [0, 0.05) is 11.6 Å². The Bertz CT molecular complexity index is 912. The molecule has 0 saturated heterocycles. The van der Waals surface area contributed by atoms with Gasteiger partial charge in [-0.1, -0.05) is 41.9 Å². The van der Waals surface area contributed by atoms with Crippen molar-refractivity contribution in [2.45, 2.75) is 0 Å². The average Bonchev–Trinajstić information content (AvgIpc) is 3.14. The fraction of sp³-hybridized carbons (Fsp3) is 0. The van der Waals surface area contributed by atoms with Gasteiger partial charge in [-0.25, -0.2) is 19.6 Å². The highest BCUT2D eigenvalue weighted by Crippen LogP contribution is 2.25. The van der Waals surface area contributed by atoms with Crippen molar-refractivity contribution in [1.29, 1.82) is 0 Å². The fourth-order valence-corrected chi connectivity index (χ4v) is 2.39. The molecule has 0 spiro atoms. The van der Waals surface area contributed by atoms with Crippen molar-refractivity contribution in [3.63, 3.8) is 0 Å². The molecule has 0 radical (unpaired) electrons. The standard InChI is InChI=1S/C14H9ClN6/c15-11-6-10(9-4-2-1-3-5-9)20-21(11)14-12-13(17-7-16-12)18-8-19-14/h1-8H,(H,16,17,18,19). The molecule has 21 heavy (non-hydrogen) atoms. The first kappa shape index (κ1) is 12.0. The van der Waals surface area contributed by atoms with E-state index in [1.54, 1.807) is 17.1 Å². The first-order valence-corrected chi connectivity index (χ1v) is 6.66. The second-order valence-corrected chi connectivity index (χ2v) is 4.82. The van der Waals surface area contributed by atoms with Crippen LogP contribution in [0.3, 0.4) is 0 Å². The average molecular weight is 297 g/mol. The summed E-state index contributed by atoms with van der Waals surface area (Å²) in [7, 11) is 0. The predicted molar refractivity (Wildman–Crippen MR) is 79.3 cm³/mol. The summed E-state index contributed by atoms with van der Waals surface area (Å²) in [6.45, 7) is 0. The molecule has 3 heterocycles. The van der Waals surface area contributed by atoms with Gasteiger partial charge in [0.2, 0.25) is 0 Å². The van der Waals surface area contributed by atoms with Crippen LogP contribution in [0.2, 0.25) is 5.15 Å². The molecule has 1 aromatic carbocycles. The highest BCUT2D eigenvalue weighted by molar-refractivity contribution is 6.30. The molecule has 1 N–H and O–H groups in total. The van der Waals surface area contributed by atoms with Gasteiger partial charge in [-0.2, -0.15) is 5.10 Å². The summed E-state index contributed by atoms with van der Waals surface area (Å²) in [5.41, 5.74) is 3.05. The zero-order valence-electron chi connectivity index (χ0n) is 10.7. The number of benzene rings is 1. The van der Waals surface area contributed by atoms with Gasteiger partial charge >= 0.3 is 0 Å². The zero-order chi connectivity index (χ0) is 14.2. The number of halogens is 1. The monoisotopic (exact) mass is 296 g/mol. The van der Waals surface area contributed by atoms with Crippen molar-refractivity contribution in [2.75, 3.05) is 0 Å². The van der Waals surface area contributed by atoms with E-state index >= 15 is 0 Å². The Balaban J connectivity index is 1.90. The lowest BCUT2D eigenvalue weighted by Crippen LogP contribution is -2.01. The van der Waals surface area contributed by atoms with Gasteiger partial charge in [0.15, 0.2) is 11.5 Å². The Labute approximate surface area is 124 Å². The lowest BCUT2D eigenvalue weighted by molar-refractivity contribution is 0.852. The Hall–Kier alpha value is -2.73. The number of hydrogen-bond acceptors (Lipinski definition) is 4. The molecule has 4 aromatic rings. The Kier molecular flexibility index (Phi) is 2.68. The topological polar surface area (TPSA) is 72.3 Å². The van der Waals surface area contributed by atoms with Crippen molar-refractivity contribution in [3.8, 4) is 17.1 Å². The van der Waals surface area contributed by atoms with Gasteiger partial charge in [-0.15, -0.1) is 0 Å². The number of aromatic amines is 1. The number of hydrogen-bond donors (Lipinski definition) is 1. The lowest BCUT2D eigenvalue weighted by atomic mass is 10.2. The highest BCUT2D eigenvalue weighted by atomic mass is 35.5. The number of nitrogens with one attached hydrogen (secondary N) is 1. The summed E-state index contributed by atoms with van der Waals surface area (Å²) in [5.74, 6) is 0.574. The summed E-state index contributed by atoms with van der Waals surface area (Å²) in [4.78, 5) is 15.5. The van der Waals surface area contributed by atoms with E-state index < -0.39 is 0 Å². The van der Waals surface area contributed by atoms with E-state index in [0.29, 0.717) is 22.1 Å². The number of fused-ring (bicyclic) bond motifs is 1. The Morgan fingerprint density at radius 3 is 2.76 bits per heavy atom. The minimum atomic E-state index is 0.475. The van der Waals surface area contributed by atoms with Crippen LogP contribution in [-0.2, 0) is 0 Å². The molecular formula is C14H9ClN6. The van der Waals surface area contributed by atoms with Crippen LogP contribution in [0.1, 0.15) is 0 Å². The third-order valence-corrected chi connectivity index (χ3v) is 3.41. The van der Waals surface area contributed by atoms with Crippen molar-refractivity contribution in [1.82, 2.24) is 29.7 Å². The van der Waals surface area contributed by atoms with Gasteiger partial charge < -0.3 is 4.98 Å². The lowest BCUT2D eigenvalue weighted by Gasteiger charge is -2.02. The maximum Gasteiger partial charge on any atom is 0.184 e. The third kappa shape index (κ3) is 1.96. The molecule has 0 bridgehead atoms. The Morgan fingerprint density at radius 1 is 1.05 bits per heavy atom. The summed E-state index contributed by atoms with van der Waals surface area (Å²) in [6, 6.07) is 11.6. The van der Waals surface area contributed by atoms with Gasteiger partial charge in [0.05, 0.1) is 12.0 Å². The van der Waals surface area contributed by atoms with E-state index in [0.717, 1.165) is 11.3 Å². The highest BCUT2D eigenvalue weighted by Gasteiger charge is 2.14. The van der Waals surface area contributed by atoms with E-state index in [1.807, 2.05) is 30.3 Å². The normalized spacial score (nSPS) is 11.1. The first-order valence-electron chi connectivity index (χ1n) is 6.28. The number of aromatic nitrogens is 6. The minimum Gasteiger partial charge on any atom is -0.340 e. The third-order valence-electron chi connectivity index (χ3n) is 3.14. The van der Waals surface area contributed by atoms with Gasteiger partial charge in [-0.3, -0.25) is 0 Å². The van der Waals surface area contributed by atoms with Crippen molar-refractivity contribution < 1.29 is 0 Å². The summed E-state index contributed by atoms with van der Waals surface area (Å²) >= 11 is 6.30. The van der Waals surface area contributed by atoms with Crippen LogP contribution in [0.4, 0.5) is 0 Å². The van der Waals surface area contributed by atoms with Crippen LogP contribution in [0, 0.1) is 0 Å². The van der Waals surface area contributed by atoms with Gasteiger partial charge in [-0.05, 0) is 0 Å². The van der Waals surface area contributed by atoms with Crippen LogP contribution >= 0.6 is 11.6 Å². The number of nitrogens with zero attached hydrogens (tertiary/aromatic N) is 5. The summed E-state index contributed by atoms with van der Waals surface area (Å²) < 4.78 is 1.58. The number of rotatable bonds is 2. The molecular weight excluding hydrogens is 288 g/mol. The fourth-order valence-electron chi connectivity index (χ4n) is 2.17. The van der Waals surface area contributed by atoms with Crippen LogP contribution in [-0.4, -0.2) is 29.7 Å². The molecule has 0 saturated carbocycles. The Morgan fingerprint density at radius 2 is 1.90 bits per heavy atom. The van der Waals surface area contributed by atoms with Crippen molar-refractivity contribution in [2.24, 2.45) is 0 Å². The molecule has 0 amide bonds. The molecule has 0 aliphatic rings. The SMILES string of the molecule is Clc1cc(-c2ccccc2)nn1-c1ncnc2nc[nH]c12. The summed E-state index contributed by atoms with van der Waals surface area (Å²) in [6.07, 6.45) is 3.01. The van der Waals surface area contributed by atoms with Crippen molar-refractivity contribution >= 4 is 22.8 Å². The van der Waals surface area contributed by atoms with E-state index in [4.69, 9.17) is 11.6 Å². The zero-order valence-corrected chi connectivity index (χ0v) is 11.5. The molecule has 0 fully saturated rings. The maximum absolute atomic E-state index is 6.30. The quantitative estimate of drug-likeness (QED) is 0.617. The maximum atomic E-state index is 6.30. The van der Waals surface area contributed by atoms with Crippen LogP contribution in [0.5, 0.6) is 0 Å². The second-order valence-electron chi connectivity index (χ2n) is 4.43. The molecule has 7 heteroatoms. The second kappa shape index (κ2) is 4.68. The van der Waals surface area contributed by atoms with Crippen LogP contribution < -0.4 is 0 Å². The molecule has 0 unspecified atom stereocenters. The predicted octanol–water partition coefficient (Wildman–Crippen LogP) is 2.86. The van der Waals surface area contributed by atoms with E-state index in [2.05, 4.69) is 25.0 Å². The summed E-state index contributed by atoms with van der Waals surface area (Å²) in [5, 5.41) is 5.00. The number of imidazole rings is 1. The molecule has 6 nitrogen and oxygen atoms in total.